The molecule has 0 aliphatic carbocycles. The molecule has 0 spiro atoms. The zero-order valence-electron chi connectivity index (χ0n) is 11.9. The predicted octanol–water partition coefficient (Wildman–Crippen LogP) is 0.590. The van der Waals surface area contributed by atoms with Crippen molar-refractivity contribution in [2.45, 2.75) is 25.3 Å². The highest BCUT2D eigenvalue weighted by atomic mass is 16.5. The third kappa shape index (κ3) is 2.87. The summed E-state index contributed by atoms with van der Waals surface area (Å²) in [5, 5.41) is 3.17. The summed E-state index contributed by atoms with van der Waals surface area (Å²) in [4.78, 5) is 34.6. The van der Waals surface area contributed by atoms with E-state index in [2.05, 4.69) is 10.1 Å². The van der Waals surface area contributed by atoms with Crippen molar-refractivity contribution >= 4 is 17.9 Å². The number of hydrogen-bond donors (Lipinski definition) is 2. The number of carbonyl (C=O) groups is 3. The first-order chi connectivity index (χ1) is 9.87. The van der Waals surface area contributed by atoms with Gasteiger partial charge in [0.15, 0.2) is 0 Å². The lowest BCUT2D eigenvalue weighted by molar-refractivity contribution is -0.131. The Labute approximate surface area is 122 Å². The van der Waals surface area contributed by atoms with Crippen LogP contribution in [0.5, 0.6) is 0 Å². The molecule has 3 amide bonds. The van der Waals surface area contributed by atoms with Crippen LogP contribution in [0.4, 0.5) is 4.79 Å². The number of ether oxygens (including phenoxy) is 1. The minimum Gasteiger partial charge on any atom is -0.465 e. The van der Waals surface area contributed by atoms with Crippen molar-refractivity contribution in [1.82, 2.24) is 10.3 Å². The molecule has 1 fully saturated rings. The quantitative estimate of drug-likeness (QED) is 0.366. The number of nitrogens with two attached hydrogens (primary N) is 1. The van der Waals surface area contributed by atoms with E-state index in [1.165, 1.54) is 7.11 Å². The zero-order chi connectivity index (χ0) is 15.6. The average molecular weight is 291 g/mol. The number of esters is 1. The van der Waals surface area contributed by atoms with Crippen LogP contribution in [0.2, 0.25) is 0 Å². The highest BCUT2D eigenvalue weighted by Gasteiger charge is 2.46. The van der Waals surface area contributed by atoms with E-state index in [0.29, 0.717) is 23.4 Å². The van der Waals surface area contributed by atoms with Crippen molar-refractivity contribution in [3.8, 4) is 0 Å². The van der Waals surface area contributed by atoms with Crippen LogP contribution in [0.25, 0.3) is 0 Å². The number of hydrazine groups is 1. The molecule has 1 aromatic rings. The minimum atomic E-state index is -0.993. The average Bonchev–Trinajstić information content (AvgIpc) is 2.69. The Morgan fingerprint density at radius 3 is 2.43 bits per heavy atom. The smallest absolute Gasteiger partial charge is 0.339 e. The molecule has 1 aliphatic rings. The van der Waals surface area contributed by atoms with Crippen molar-refractivity contribution < 1.29 is 19.1 Å². The molecule has 0 saturated carbocycles. The Kier molecular flexibility index (Phi) is 3.95. The van der Waals surface area contributed by atoms with E-state index in [1.807, 2.05) is 0 Å². The molecule has 0 aromatic heterocycles. The first kappa shape index (κ1) is 15.0. The minimum absolute atomic E-state index is 0.398. The molecule has 2 rings (SSSR count). The van der Waals surface area contributed by atoms with Gasteiger partial charge in [-0.2, -0.15) is 5.01 Å². The maximum absolute atomic E-state index is 11.9. The number of aryl methyl sites for hydroxylation is 1. The highest BCUT2D eigenvalue weighted by Crippen LogP contribution is 2.21. The topological polar surface area (TPSA) is 102 Å². The van der Waals surface area contributed by atoms with Gasteiger partial charge in [-0.25, -0.2) is 15.4 Å². The van der Waals surface area contributed by atoms with Gasteiger partial charge in [-0.3, -0.25) is 4.79 Å². The Morgan fingerprint density at radius 2 is 1.95 bits per heavy atom. The van der Waals surface area contributed by atoms with E-state index < -0.39 is 23.4 Å². The van der Waals surface area contributed by atoms with Crippen LogP contribution in [0.1, 0.15) is 29.3 Å². The van der Waals surface area contributed by atoms with E-state index >= 15 is 0 Å². The van der Waals surface area contributed by atoms with Gasteiger partial charge in [0.25, 0.3) is 5.91 Å². The second-order valence-corrected chi connectivity index (χ2v) is 5.13. The molecule has 0 radical (unpaired) electrons. The summed E-state index contributed by atoms with van der Waals surface area (Å²) in [6.45, 7) is 1.64. The number of benzene rings is 1. The molecule has 1 aliphatic heterocycles. The Bertz CT molecular complexity index is 584. The molecule has 112 valence electrons. The first-order valence-electron chi connectivity index (χ1n) is 6.46. The molecule has 1 aromatic carbocycles. The molecular weight excluding hydrogens is 274 g/mol. The fourth-order valence-electron chi connectivity index (χ4n) is 2.20. The van der Waals surface area contributed by atoms with E-state index in [9.17, 15) is 14.4 Å². The van der Waals surface area contributed by atoms with Gasteiger partial charge in [0.05, 0.1) is 12.7 Å². The number of carbonyl (C=O) groups excluding carboxylic acids is 3. The van der Waals surface area contributed by atoms with Crippen LogP contribution in [-0.4, -0.2) is 35.6 Å². The molecular formula is C14H17N3O4. The second-order valence-electron chi connectivity index (χ2n) is 5.13. The van der Waals surface area contributed by atoms with Crippen LogP contribution in [0.15, 0.2) is 24.3 Å². The normalized spacial score (nSPS) is 21.4. The molecule has 0 bridgehead atoms. The predicted molar refractivity (Wildman–Crippen MR) is 74.1 cm³/mol. The second kappa shape index (κ2) is 5.53. The van der Waals surface area contributed by atoms with Gasteiger partial charge in [-0.15, -0.1) is 0 Å². The van der Waals surface area contributed by atoms with Crippen LogP contribution in [0.3, 0.4) is 0 Å². The van der Waals surface area contributed by atoms with Gasteiger partial charge in [0, 0.05) is 0 Å². The summed E-state index contributed by atoms with van der Waals surface area (Å²) in [5.41, 5.74) is 0.416. The largest absolute Gasteiger partial charge is 0.465 e. The van der Waals surface area contributed by atoms with Gasteiger partial charge in [0.2, 0.25) is 0 Å². The number of nitrogens with one attached hydrogen (secondary N) is 1. The van der Waals surface area contributed by atoms with Crippen molar-refractivity contribution in [3.63, 3.8) is 0 Å². The van der Waals surface area contributed by atoms with E-state index in [4.69, 9.17) is 5.84 Å². The highest BCUT2D eigenvalue weighted by molar-refractivity contribution is 6.06. The lowest BCUT2D eigenvalue weighted by Crippen LogP contribution is -2.45. The molecule has 21 heavy (non-hydrogen) atoms. The number of hydrogen-bond acceptors (Lipinski definition) is 5. The number of imide groups is 1. The molecule has 7 nitrogen and oxygen atoms in total. The molecule has 1 unspecified atom stereocenters. The van der Waals surface area contributed by atoms with Gasteiger partial charge < -0.3 is 10.1 Å². The molecule has 3 N–H and O–H groups in total. The van der Waals surface area contributed by atoms with Crippen molar-refractivity contribution in [1.29, 1.82) is 0 Å². The maximum atomic E-state index is 11.9. The van der Waals surface area contributed by atoms with Crippen molar-refractivity contribution in [2.24, 2.45) is 5.84 Å². The van der Waals surface area contributed by atoms with Crippen LogP contribution in [0, 0.1) is 0 Å². The molecule has 1 atom stereocenters. The standard InChI is InChI=1S/C14H17N3O4/c1-14(12(19)17(15)13(20)16-14)8-7-9-3-5-10(6-4-9)11(18)21-2/h3-6H,7-8,15H2,1-2H3,(H,16,20). The first-order valence-corrected chi connectivity index (χ1v) is 6.46. The van der Waals surface area contributed by atoms with E-state index in [-0.39, 0.29) is 0 Å². The third-order valence-electron chi connectivity index (χ3n) is 3.58. The van der Waals surface area contributed by atoms with Gasteiger partial charge in [-0.05, 0) is 37.5 Å². The number of rotatable bonds is 4. The van der Waals surface area contributed by atoms with E-state index in [1.54, 1.807) is 31.2 Å². The number of amides is 3. The number of urea groups is 1. The summed E-state index contributed by atoms with van der Waals surface area (Å²) in [6.07, 6.45) is 0.987. The summed E-state index contributed by atoms with van der Waals surface area (Å²) < 4.78 is 4.62. The molecule has 1 saturated heterocycles. The maximum Gasteiger partial charge on any atom is 0.339 e. The fourth-order valence-corrected chi connectivity index (χ4v) is 2.20. The molecule has 1 heterocycles. The number of methoxy groups -OCH3 is 1. The third-order valence-corrected chi connectivity index (χ3v) is 3.58. The van der Waals surface area contributed by atoms with E-state index in [0.717, 1.165) is 5.56 Å². The van der Waals surface area contributed by atoms with Gasteiger partial charge in [-0.1, -0.05) is 12.1 Å². The van der Waals surface area contributed by atoms with Crippen LogP contribution < -0.4 is 11.2 Å². The Morgan fingerprint density at radius 1 is 1.33 bits per heavy atom. The van der Waals surface area contributed by atoms with Gasteiger partial charge in [0.1, 0.15) is 5.54 Å². The lowest BCUT2D eigenvalue weighted by Gasteiger charge is -2.20. The van der Waals surface area contributed by atoms with Crippen molar-refractivity contribution in [2.75, 3.05) is 7.11 Å². The summed E-state index contributed by atoms with van der Waals surface area (Å²) >= 11 is 0. The zero-order valence-corrected chi connectivity index (χ0v) is 11.9. The lowest BCUT2D eigenvalue weighted by atomic mass is 9.93. The summed E-state index contributed by atoms with van der Waals surface area (Å²) in [7, 11) is 1.32. The van der Waals surface area contributed by atoms with Crippen LogP contribution in [-0.2, 0) is 16.0 Å². The van der Waals surface area contributed by atoms with Crippen LogP contribution >= 0.6 is 0 Å². The summed E-state index contributed by atoms with van der Waals surface area (Å²) in [6, 6.07) is 6.30. The SMILES string of the molecule is COC(=O)c1ccc(CCC2(C)NC(=O)N(N)C2=O)cc1. The fraction of sp³-hybridized carbons (Fsp3) is 0.357. The Hall–Kier alpha value is -2.41. The van der Waals surface area contributed by atoms with Crippen molar-refractivity contribution in [3.05, 3.63) is 35.4 Å². The summed E-state index contributed by atoms with van der Waals surface area (Å²) in [5.74, 6) is 4.51. The molecule has 7 heteroatoms. The number of nitrogens with zero attached hydrogens (tertiary/aromatic N) is 1. The van der Waals surface area contributed by atoms with Gasteiger partial charge >= 0.3 is 12.0 Å². The Balaban J connectivity index is 2.02. The monoisotopic (exact) mass is 291 g/mol.